The van der Waals surface area contributed by atoms with Gasteiger partial charge < -0.3 is 11.1 Å². The Morgan fingerprint density at radius 2 is 2.11 bits per heavy atom. The van der Waals surface area contributed by atoms with Crippen LogP contribution in [0.25, 0.3) is 0 Å². The van der Waals surface area contributed by atoms with E-state index in [1.165, 1.54) is 12.3 Å². The minimum atomic E-state index is -0.226. The van der Waals surface area contributed by atoms with Crippen LogP contribution in [0.2, 0.25) is 0 Å². The molecule has 1 aromatic heterocycles. The number of anilines is 2. The predicted molar refractivity (Wildman–Crippen MR) is 72.0 cm³/mol. The van der Waals surface area contributed by atoms with Gasteiger partial charge in [0.1, 0.15) is 11.9 Å². The Labute approximate surface area is 110 Å². The quantitative estimate of drug-likeness (QED) is 0.880. The van der Waals surface area contributed by atoms with E-state index in [-0.39, 0.29) is 5.82 Å². The van der Waals surface area contributed by atoms with Gasteiger partial charge in [0.05, 0.1) is 11.3 Å². The van der Waals surface area contributed by atoms with Crippen molar-refractivity contribution in [2.75, 3.05) is 17.6 Å². The van der Waals surface area contributed by atoms with Crippen LogP contribution < -0.4 is 11.1 Å². The number of hydrogen-bond acceptors (Lipinski definition) is 4. The Balaban J connectivity index is 2.01. The molecule has 0 atom stereocenters. The van der Waals surface area contributed by atoms with Crippen molar-refractivity contribution in [3.8, 4) is 6.07 Å². The van der Waals surface area contributed by atoms with Crippen LogP contribution in [0.4, 0.5) is 15.9 Å². The van der Waals surface area contributed by atoms with Crippen molar-refractivity contribution < 1.29 is 4.39 Å². The number of benzene rings is 1. The van der Waals surface area contributed by atoms with Gasteiger partial charge in [-0.05, 0) is 24.1 Å². The zero-order valence-corrected chi connectivity index (χ0v) is 10.2. The van der Waals surface area contributed by atoms with E-state index in [9.17, 15) is 4.39 Å². The molecular formula is C14H13FN4. The van der Waals surface area contributed by atoms with E-state index < -0.39 is 0 Å². The third-order valence-electron chi connectivity index (χ3n) is 2.76. The van der Waals surface area contributed by atoms with Gasteiger partial charge in [-0.25, -0.2) is 9.37 Å². The van der Waals surface area contributed by atoms with Gasteiger partial charge in [-0.3, -0.25) is 0 Å². The molecule has 0 aliphatic heterocycles. The number of nitrogen functional groups attached to an aromatic ring is 1. The molecule has 1 heterocycles. The number of nitrogens with one attached hydrogen (secondary N) is 1. The van der Waals surface area contributed by atoms with Gasteiger partial charge in [0.2, 0.25) is 0 Å². The van der Waals surface area contributed by atoms with Gasteiger partial charge in [0, 0.05) is 12.7 Å². The van der Waals surface area contributed by atoms with Crippen molar-refractivity contribution in [1.29, 1.82) is 5.26 Å². The van der Waals surface area contributed by atoms with Gasteiger partial charge in [0.25, 0.3) is 0 Å². The maximum absolute atomic E-state index is 13.4. The van der Waals surface area contributed by atoms with Crippen LogP contribution in [0.3, 0.4) is 0 Å². The number of rotatable bonds is 4. The average Bonchev–Trinajstić information content (AvgIpc) is 2.43. The van der Waals surface area contributed by atoms with Crippen LogP contribution in [0.15, 0.2) is 36.5 Å². The van der Waals surface area contributed by atoms with E-state index in [0.717, 1.165) is 0 Å². The second-order valence-corrected chi connectivity index (χ2v) is 4.00. The minimum Gasteiger partial charge on any atom is -0.395 e. The monoisotopic (exact) mass is 256 g/mol. The summed E-state index contributed by atoms with van der Waals surface area (Å²) >= 11 is 0. The molecule has 0 aliphatic rings. The molecule has 0 bridgehead atoms. The second kappa shape index (κ2) is 5.83. The minimum absolute atomic E-state index is 0.226. The second-order valence-electron chi connectivity index (χ2n) is 4.00. The molecule has 2 rings (SSSR count). The average molecular weight is 256 g/mol. The van der Waals surface area contributed by atoms with E-state index in [2.05, 4.69) is 10.3 Å². The number of nitrogens with zero attached hydrogens (tertiary/aromatic N) is 2. The van der Waals surface area contributed by atoms with Crippen molar-refractivity contribution in [2.24, 2.45) is 0 Å². The fourth-order valence-corrected chi connectivity index (χ4v) is 1.73. The Kier molecular flexibility index (Phi) is 3.94. The SMILES string of the molecule is N#Cc1ccnc(NCCc2ccccc2F)c1N. The molecule has 0 fully saturated rings. The maximum Gasteiger partial charge on any atom is 0.150 e. The van der Waals surface area contributed by atoms with Crippen molar-refractivity contribution in [3.05, 3.63) is 53.5 Å². The molecule has 5 heteroatoms. The Bertz CT molecular complexity index is 619. The third-order valence-corrected chi connectivity index (χ3v) is 2.76. The third kappa shape index (κ3) is 2.99. The van der Waals surface area contributed by atoms with Crippen molar-refractivity contribution in [1.82, 2.24) is 4.98 Å². The van der Waals surface area contributed by atoms with Gasteiger partial charge >= 0.3 is 0 Å². The molecule has 0 radical (unpaired) electrons. The smallest absolute Gasteiger partial charge is 0.150 e. The van der Waals surface area contributed by atoms with E-state index in [1.54, 1.807) is 24.3 Å². The molecule has 96 valence electrons. The highest BCUT2D eigenvalue weighted by Gasteiger charge is 2.06. The van der Waals surface area contributed by atoms with Crippen LogP contribution in [0, 0.1) is 17.1 Å². The van der Waals surface area contributed by atoms with E-state index in [4.69, 9.17) is 11.0 Å². The fraction of sp³-hybridized carbons (Fsp3) is 0.143. The van der Waals surface area contributed by atoms with Gasteiger partial charge in [-0.15, -0.1) is 0 Å². The number of halogens is 1. The molecule has 1 aromatic carbocycles. The van der Waals surface area contributed by atoms with Gasteiger partial charge in [-0.2, -0.15) is 5.26 Å². The lowest BCUT2D eigenvalue weighted by molar-refractivity contribution is 0.610. The summed E-state index contributed by atoms with van der Waals surface area (Å²) in [7, 11) is 0. The summed E-state index contributed by atoms with van der Waals surface area (Å²) in [6.45, 7) is 0.493. The molecule has 4 nitrogen and oxygen atoms in total. The first-order valence-electron chi connectivity index (χ1n) is 5.84. The Hall–Kier alpha value is -2.61. The highest BCUT2D eigenvalue weighted by Crippen LogP contribution is 2.18. The molecule has 0 aliphatic carbocycles. The standard InChI is InChI=1S/C14H13FN4/c15-12-4-2-1-3-10(12)5-7-18-14-13(17)11(9-16)6-8-19-14/h1-4,6,8H,5,7,17H2,(H,18,19). The van der Waals surface area contributed by atoms with Crippen LogP contribution in [0.1, 0.15) is 11.1 Å². The predicted octanol–water partition coefficient (Wildman–Crippen LogP) is 2.33. The molecule has 19 heavy (non-hydrogen) atoms. The van der Waals surface area contributed by atoms with Gasteiger partial charge in [0.15, 0.2) is 5.82 Å². The number of nitrogens with two attached hydrogens (primary N) is 1. The zero-order chi connectivity index (χ0) is 13.7. The summed E-state index contributed by atoms with van der Waals surface area (Å²) in [6.07, 6.45) is 2.03. The van der Waals surface area contributed by atoms with E-state index in [0.29, 0.717) is 35.6 Å². The summed E-state index contributed by atoms with van der Waals surface area (Å²) in [4.78, 5) is 4.06. The number of nitriles is 1. The lowest BCUT2D eigenvalue weighted by Crippen LogP contribution is -2.10. The summed E-state index contributed by atoms with van der Waals surface area (Å²) in [5.41, 5.74) is 7.11. The molecule has 3 N–H and O–H groups in total. The van der Waals surface area contributed by atoms with Crippen LogP contribution >= 0.6 is 0 Å². The van der Waals surface area contributed by atoms with Crippen LogP contribution in [0.5, 0.6) is 0 Å². The first-order valence-corrected chi connectivity index (χ1v) is 5.84. The van der Waals surface area contributed by atoms with Gasteiger partial charge in [-0.1, -0.05) is 18.2 Å². The molecule has 0 spiro atoms. The van der Waals surface area contributed by atoms with Crippen LogP contribution in [-0.4, -0.2) is 11.5 Å². The van der Waals surface area contributed by atoms with Crippen molar-refractivity contribution >= 4 is 11.5 Å². The molecular weight excluding hydrogens is 243 g/mol. The van der Waals surface area contributed by atoms with Crippen LogP contribution in [-0.2, 0) is 6.42 Å². The summed E-state index contributed by atoms with van der Waals surface area (Å²) < 4.78 is 13.4. The number of pyridine rings is 1. The Morgan fingerprint density at radius 3 is 2.84 bits per heavy atom. The summed E-state index contributed by atoms with van der Waals surface area (Å²) in [5, 5.41) is 11.9. The number of hydrogen-bond donors (Lipinski definition) is 2. The summed E-state index contributed by atoms with van der Waals surface area (Å²) in [6, 6.07) is 10.2. The molecule has 0 saturated carbocycles. The van der Waals surface area contributed by atoms with E-state index in [1.807, 2.05) is 6.07 Å². The lowest BCUT2D eigenvalue weighted by Gasteiger charge is -2.09. The highest BCUT2D eigenvalue weighted by atomic mass is 19.1. The largest absolute Gasteiger partial charge is 0.395 e. The molecule has 0 amide bonds. The van der Waals surface area contributed by atoms with Crippen molar-refractivity contribution in [3.63, 3.8) is 0 Å². The topological polar surface area (TPSA) is 74.7 Å². The Morgan fingerprint density at radius 1 is 1.32 bits per heavy atom. The number of aromatic nitrogens is 1. The maximum atomic E-state index is 13.4. The fourth-order valence-electron chi connectivity index (χ4n) is 1.73. The zero-order valence-electron chi connectivity index (χ0n) is 10.2. The first-order chi connectivity index (χ1) is 9.22. The van der Waals surface area contributed by atoms with Crippen molar-refractivity contribution in [2.45, 2.75) is 6.42 Å². The summed E-state index contributed by atoms with van der Waals surface area (Å²) in [5.74, 6) is 0.228. The molecule has 0 unspecified atom stereocenters. The molecule has 2 aromatic rings. The lowest BCUT2D eigenvalue weighted by atomic mass is 10.1. The van der Waals surface area contributed by atoms with E-state index >= 15 is 0 Å². The normalized spacial score (nSPS) is 9.89. The highest BCUT2D eigenvalue weighted by molar-refractivity contribution is 5.68. The first kappa shape index (κ1) is 12.8. The molecule has 0 saturated heterocycles.